The number of nitrogens with two attached hydrogens (primary N) is 1. The van der Waals surface area contributed by atoms with Crippen molar-refractivity contribution in [1.82, 2.24) is 0 Å². The Morgan fingerprint density at radius 2 is 2.00 bits per heavy atom. The monoisotopic (exact) mass is 126 g/mol. The molecule has 9 heavy (non-hydrogen) atoms. The fraction of sp³-hybridized carbons (Fsp3) is 0.571. The van der Waals surface area contributed by atoms with Crippen LogP contribution in [0.4, 0.5) is 0 Å². The van der Waals surface area contributed by atoms with E-state index in [0.717, 1.165) is 0 Å². The molecule has 0 rings (SSSR count). The number of nitrogens with zero attached hydrogens (tertiary/aromatic N) is 1. The van der Waals surface area contributed by atoms with Crippen LogP contribution >= 0.6 is 0 Å². The highest BCUT2D eigenvalue weighted by molar-refractivity contribution is 5.54. The van der Waals surface area contributed by atoms with Crippen LogP contribution < -0.4 is 5.73 Å². The largest absolute Gasteiger partial charge is 0.322 e. The van der Waals surface area contributed by atoms with Crippen molar-refractivity contribution < 1.29 is 0 Å². The highest BCUT2D eigenvalue weighted by Crippen LogP contribution is 1.97. The zero-order valence-corrected chi connectivity index (χ0v) is 6.26. The van der Waals surface area contributed by atoms with Gasteiger partial charge in [-0.15, -0.1) is 0 Å². The molecule has 2 heteroatoms. The van der Waals surface area contributed by atoms with Crippen LogP contribution in [0.15, 0.2) is 17.3 Å². The van der Waals surface area contributed by atoms with Gasteiger partial charge in [-0.1, -0.05) is 0 Å². The molecule has 0 fully saturated rings. The van der Waals surface area contributed by atoms with E-state index < -0.39 is 0 Å². The van der Waals surface area contributed by atoms with Crippen molar-refractivity contribution in [3.63, 3.8) is 0 Å². The second kappa shape index (κ2) is 3.41. The number of rotatable bonds is 2. The van der Waals surface area contributed by atoms with Gasteiger partial charge in [-0.05, 0) is 26.8 Å². The maximum Gasteiger partial charge on any atom is 0.0299 e. The Morgan fingerprint density at radius 3 is 2.33 bits per heavy atom. The maximum atomic E-state index is 5.62. The van der Waals surface area contributed by atoms with Crippen molar-refractivity contribution in [1.29, 1.82) is 0 Å². The molecule has 52 valence electrons. The minimum absolute atomic E-state index is 0.244. The Labute approximate surface area is 56.5 Å². The normalized spacial score (nSPS) is 13.8. The lowest BCUT2D eigenvalue weighted by Crippen LogP contribution is -2.28. The molecule has 2 N–H and O–H groups in total. The molecule has 0 amide bonds. The van der Waals surface area contributed by atoms with E-state index in [2.05, 4.69) is 4.99 Å². The molecule has 0 aliphatic heterocycles. The first-order valence-corrected chi connectivity index (χ1v) is 3.00. The molecule has 0 spiro atoms. The Kier molecular flexibility index (Phi) is 3.17. The van der Waals surface area contributed by atoms with Crippen molar-refractivity contribution >= 4 is 6.21 Å². The van der Waals surface area contributed by atoms with Crippen LogP contribution in [0.25, 0.3) is 0 Å². The lowest BCUT2D eigenvalue weighted by molar-refractivity contribution is 0.653. The standard InChI is InChI=1S/C7H14N2/c1-4-9-6-5-7(2,3)8/h4-6H,8H2,1-3H3/b6-5-,9-4?. The highest BCUT2D eigenvalue weighted by atomic mass is 14.7. The van der Waals surface area contributed by atoms with Gasteiger partial charge in [0.15, 0.2) is 0 Å². The number of hydrogen-bond acceptors (Lipinski definition) is 2. The molecule has 0 unspecified atom stereocenters. The van der Waals surface area contributed by atoms with E-state index in [-0.39, 0.29) is 5.54 Å². The molecule has 0 saturated carbocycles. The van der Waals surface area contributed by atoms with Crippen LogP contribution in [0.3, 0.4) is 0 Å². The molecule has 0 saturated heterocycles. The van der Waals surface area contributed by atoms with Crippen LogP contribution in [0.1, 0.15) is 20.8 Å². The summed E-state index contributed by atoms with van der Waals surface area (Å²) in [4.78, 5) is 3.87. The fourth-order valence-corrected chi connectivity index (χ4v) is 0.321. The summed E-state index contributed by atoms with van der Waals surface area (Å²) in [6.45, 7) is 5.72. The average molecular weight is 126 g/mol. The molecule has 0 bridgehead atoms. The second-order valence-corrected chi connectivity index (χ2v) is 2.54. The van der Waals surface area contributed by atoms with Crippen molar-refractivity contribution in [2.45, 2.75) is 26.3 Å². The van der Waals surface area contributed by atoms with Crippen LogP contribution in [0, 0.1) is 0 Å². The highest BCUT2D eigenvalue weighted by Gasteiger charge is 2.02. The van der Waals surface area contributed by atoms with E-state index in [4.69, 9.17) is 5.73 Å². The molecular formula is C7H14N2. The van der Waals surface area contributed by atoms with E-state index in [1.807, 2.05) is 26.8 Å². The van der Waals surface area contributed by atoms with Crippen LogP contribution in [0.5, 0.6) is 0 Å². The van der Waals surface area contributed by atoms with Gasteiger partial charge in [0.2, 0.25) is 0 Å². The minimum Gasteiger partial charge on any atom is -0.322 e. The Morgan fingerprint density at radius 1 is 1.44 bits per heavy atom. The molecule has 0 aromatic carbocycles. The van der Waals surface area contributed by atoms with Crippen molar-refractivity contribution in [3.8, 4) is 0 Å². The number of hydrogen-bond donors (Lipinski definition) is 1. The van der Waals surface area contributed by atoms with Crippen molar-refractivity contribution in [2.75, 3.05) is 0 Å². The van der Waals surface area contributed by atoms with Gasteiger partial charge in [0.05, 0.1) is 0 Å². The molecule has 2 nitrogen and oxygen atoms in total. The van der Waals surface area contributed by atoms with Gasteiger partial charge in [-0.25, -0.2) is 0 Å². The van der Waals surface area contributed by atoms with Crippen LogP contribution in [0.2, 0.25) is 0 Å². The Hall–Kier alpha value is -0.630. The third-order valence-corrected chi connectivity index (χ3v) is 0.739. The average Bonchev–Trinajstić information content (AvgIpc) is 1.63. The van der Waals surface area contributed by atoms with E-state index in [0.29, 0.717) is 0 Å². The first-order valence-electron chi connectivity index (χ1n) is 3.00. The fourth-order valence-electron chi connectivity index (χ4n) is 0.321. The van der Waals surface area contributed by atoms with Gasteiger partial charge in [-0.2, -0.15) is 0 Å². The smallest absolute Gasteiger partial charge is 0.0299 e. The Bertz CT molecular complexity index is 117. The first kappa shape index (κ1) is 8.37. The SMILES string of the molecule is CC=N/C=C\C(C)(C)N. The van der Waals surface area contributed by atoms with E-state index in [9.17, 15) is 0 Å². The van der Waals surface area contributed by atoms with Crippen LogP contribution in [-0.2, 0) is 0 Å². The molecule has 0 aliphatic carbocycles. The molecular weight excluding hydrogens is 112 g/mol. The lowest BCUT2D eigenvalue weighted by Gasteiger charge is -2.09. The molecule has 0 aromatic rings. The Balaban J connectivity index is 3.71. The van der Waals surface area contributed by atoms with E-state index in [1.54, 1.807) is 12.4 Å². The molecule has 0 heterocycles. The molecule has 0 atom stereocenters. The zero-order chi connectivity index (χ0) is 7.33. The zero-order valence-electron chi connectivity index (χ0n) is 6.26. The van der Waals surface area contributed by atoms with Gasteiger partial charge < -0.3 is 5.73 Å². The predicted octanol–water partition coefficient (Wildman–Crippen LogP) is 1.33. The predicted molar refractivity (Wildman–Crippen MR) is 41.6 cm³/mol. The molecule has 0 aromatic heterocycles. The minimum atomic E-state index is -0.244. The summed E-state index contributed by atoms with van der Waals surface area (Å²) in [6, 6.07) is 0. The van der Waals surface area contributed by atoms with Gasteiger partial charge in [0.1, 0.15) is 0 Å². The van der Waals surface area contributed by atoms with Gasteiger partial charge in [-0.3, -0.25) is 4.99 Å². The maximum absolute atomic E-state index is 5.62. The van der Waals surface area contributed by atoms with E-state index >= 15 is 0 Å². The van der Waals surface area contributed by atoms with Crippen molar-refractivity contribution in [2.24, 2.45) is 10.7 Å². The van der Waals surface area contributed by atoms with E-state index in [1.165, 1.54) is 0 Å². The third kappa shape index (κ3) is 7.37. The summed E-state index contributed by atoms with van der Waals surface area (Å²) < 4.78 is 0. The summed E-state index contributed by atoms with van der Waals surface area (Å²) >= 11 is 0. The molecule has 0 aliphatic rings. The first-order chi connectivity index (χ1) is 4.06. The topological polar surface area (TPSA) is 38.4 Å². The van der Waals surface area contributed by atoms with Gasteiger partial charge in [0, 0.05) is 18.0 Å². The van der Waals surface area contributed by atoms with Gasteiger partial charge >= 0.3 is 0 Å². The lowest BCUT2D eigenvalue weighted by atomic mass is 10.1. The van der Waals surface area contributed by atoms with Gasteiger partial charge in [0.25, 0.3) is 0 Å². The molecule has 0 radical (unpaired) electrons. The summed E-state index contributed by atoms with van der Waals surface area (Å²) in [5.74, 6) is 0. The summed E-state index contributed by atoms with van der Waals surface area (Å²) in [7, 11) is 0. The quantitative estimate of drug-likeness (QED) is 0.557. The summed E-state index contributed by atoms with van der Waals surface area (Å²) in [5.41, 5.74) is 5.37. The van der Waals surface area contributed by atoms with Crippen LogP contribution in [-0.4, -0.2) is 11.8 Å². The number of aliphatic imine (C=N–C) groups is 1. The third-order valence-electron chi connectivity index (χ3n) is 0.739. The summed E-state index contributed by atoms with van der Waals surface area (Å²) in [6.07, 6.45) is 5.29. The summed E-state index contributed by atoms with van der Waals surface area (Å²) in [5, 5.41) is 0. The second-order valence-electron chi connectivity index (χ2n) is 2.54. The van der Waals surface area contributed by atoms with Crippen molar-refractivity contribution in [3.05, 3.63) is 12.3 Å².